The van der Waals surface area contributed by atoms with Crippen molar-refractivity contribution in [2.45, 2.75) is 25.8 Å². The lowest BCUT2D eigenvalue weighted by Gasteiger charge is -2.16. The van der Waals surface area contributed by atoms with Crippen molar-refractivity contribution in [3.8, 4) is 10.4 Å². The van der Waals surface area contributed by atoms with Gasteiger partial charge < -0.3 is 14.8 Å². The number of imidazole rings is 1. The highest BCUT2D eigenvalue weighted by Crippen LogP contribution is 2.29. The Hall–Kier alpha value is -4.83. The molecular weight excluding hydrogens is 548 g/mol. The Morgan fingerprint density at radius 3 is 2.64 bits per heavy atom. The average molecular weight is 579 g/mol. The number of fused-ring (bicyclic) bond motifs is 1. The first-order chi connectivity index (χ1) is 20.5. The maximum atomic E-state index is 13.3. The van der Waals surface area contributed by atoms with Crippen LogP contribution < -0.4 is 10.6 Å². The van der Waals surface area contributed by atoms with E-state index in [-0.39, 0.29) is 24.1 Å². The summed E-state index contributed by atoms with van der Waals surface area (Å²) in [4.78, 5) is 50.4. The minimum atomic E-state index is -0.242. The molecule has 2 N–H and O–H groups in total. The molecule has 0 spiro atoms. The van der Waals surface area contributed by atoms with E-state index in [1.807, 2.05) is 64.1 Å². The number of amides is 2. The Bertz CT molecular complexity index is 1730. The Morgan fingerprint density at radius 1 is 0.976 bits per heavy atom. The van der Waals surface area contributed by atoms with Gasteiger partial charge in [0.15, 0.2) is 5.78 Å². The van der Waals surface area contributed by atoms with E-state index in [1.54, 1.807) is 30.6 Å². The molecule has 0 bridgehead atoms. The summed E-state index contributed by atoms with van der Waals surface area (Å²) >= 11 is 1.40. The number of carbonyl (C=O) groups excluding carboxylic acids is 3. The number of aryl methyl sites for hydroxylation is 1. The summed E-state index contributed by atoms with van der Waals surface area (Å²) in [6.45, 7) is 2.19. The van der Waals surface area contributed by atoms with E-state index in [4.69, 9.17) is 4.98 Å². The number of ketones is 1. The summed E-state index contributed by atoms with van der Waals surface area (Å²) in [5.41, 5.74) is 3.92. The van der Waals surface area contributed by atoms with Gasteiger partial charge in [-0.25, -0.2) is 4.98 Å². The van der Waals surface area contributed by atoms with Crippen LogP contribution in [0, 0.1) is 0 Å². The van der Waals surface area contributed by atoms with Gasteiger partial charge in [0, 0.05) is 60.1 Å². The Balaban J connectivity index is 1.22. The van der Waals surface area contributed by atoms with Gasteiger partial charge in [0.1, 0.15) is 0 Å². The van der Waals surface area contributed by atoms with Gasteiger partial charge in [-0.1, -0.05) is 36.4 Å². The monoisotopic (exact) mass is 578 g/mol. The maximum Gasteiger partial charge on any atom is 0.268 e. The summed E-state index contributed by atoms with van der Waals surface area (Å²) in [6, 6.07) is 22.5. The molecule has 3 aromatic heterocycles. The number of likely N-dealkylation sites (tertiary alicyclic amines) is 1. The normalized spacial score (nSPS) is 13.0. The first kappa shape index (κ1) is 27.3. The van der Waals surface area contributed by atoms with Crippen molar-refractivity contribution < 1.29 is 14.4 Å². The molecule has 0 saturated carbocycles. The van der Waals surface area contributed by atoms with Crippen LogP contribution in [0.2, 0.25) is 0 Å². The third-order valence-corrected chi connectivity index (χ3v) is 8.41. The second-order valence-corrected chi connectivity index (χ2v) is 11.2. The van der Waals surface area contributed by atoms with Gasteiger partial charge in [0.25, 0.3) is 5.91 Å². The van der Waals surface area contributed by atoms with Gasteiger partial charge >= 0.3 is 0 Å². The van der Waals surface area contributed by atoms with E-state index in [1.165, 1.54) is 11.3 Å². The number of pyridine rings is 1. The van der Waals surface area contributed by atoms with Gasteiger partial charge in [-0.3, -0.25) is 24.7 Å². The summed E-state index contributed by atoms with van der Waals surface area (Å²) in [5, 5.41) is 6.21. The number of anilines is 2. The molecule has 0 radical (unpaired) electrons. The fourth-order valence-corrected chi connectivity index (χ4v) is 6.01. The largest absolute Gasteiger partial charge is 0.378 e. The zero-order valence-corrected chi connectivity index (χ0v) is 23.8. The molecule has 0 unspecified atom stereocenters. The van der Waals surface area contributed by atoms with Crippen molar-refractivity contribution in [3.05, 3.63) is 95.6 Å². The lowest BCUT2D eigenvalue weighted by atomic mass is 10.1. The first-order valence-corrected chi connectivity index (χ1v) is 14.8. The number of Topliss-reactive ketones (excluding diaryl/α,β-unsaturated/α-hetero) is 1. The number of thiophene rings is 1. The van der Waals surface area contributed by atoms with Crippen LogP contribution >= 0.6 is 11.3 Å². The van der Waals surface area contributed by atoms with Crippen LogP contribution in [-0.4, -0.2) is 56.7 Å². The van der Waals surface area contributed by atoms with E-state index in [9.17, 15) is 14.4 Å². The zero-order valence-electron chi connectivity index (χ0n) is 23.0. The highest BCUT2D eigenvalue weighted by molar-refractivity contribution is 7.17. The van der Waals surface area contributed by atoms with Crippen LogP contribution in [0.3, 0.4) is 0 Å². The van der Waals surface area contributed by atoms with E-state index in [0.29, 0.717) is 41.4 Å². The molecule has 4 heterocycles. The molecule has 9 nitrogen and oxygen atoms in total. The highest BCUT2D eigenvalue weighted by atomic mass is 32.1. The summed E-state index contributed by atoms with van der Waals surface area (Å²) in [7, 11) is 0. The number of benzene rings is 2. The SMILES string of the molecule is O=C(CNc1ccc2c(c1)nc(NC(=O)c1ccc(-c3cccnc3)s1)n2CCCN1CCCC1=O)c1ccccc1. The minimum absolute atomic E-state index is 0.00719. The third-order valence-electron chi connectivity index (χ3n) is 7.28. The number of hydrogen-bond donors (Lipinski definition) is 2. The van der Waals surface area contributed by atoms with Gasteiger partial charge in [0.05, 0.1) is 22.5 Å². The molecule has 2 amide bonds. The maximum absolute atomic E-state index is 13.3. The lowest BCUT2D eigenvalue weighted by molar-refractivity contribution is -0.127. The van der Waals surface area contributed by atoms with Crippen LogP contribution in [0.4, 0.5) is 11.6 Å². The number of aromatic nitrogens is 3. The van der Waals surface area contributed by atoms with Crippen LogP contribution in [0.15, 0.2) is 85.2 Å². The quantitative estimate of drug-likeness (QED) is 0.194. The van der Waals surface area contributed by atoms with Crippen LogP contribution in [0.1, 0.15) is 39.3 Å². The van der Waals surface area contributed by atoms with E-state index >= 15 is 0 Å². The van der Waals surface area contributed by atoms with E-state index in [0.717, 1.165) is 41.0 Å². The van der Waals surface area contributed by atoms with Crippen molar-refractivity contribution in [2.24, 2.45) is 0 Å². The molecule has 212 valence electrons. The van der Waals surface area contributed by atoms with E-state index in [2.05, 4.69) is 15.6 Å². The second-order valence-electron chi connectivity index (χ2n) is 10.1. The summed E-state index contributed by atoms with van der Waals surface area (Å²) in [6.07, 6.45) is 5.74. The molecular formula is C32H30N6O3S. The molecule has 0 aliphatic carbocycles. The fourth-order valence-electron chi connectivity index (χ4n) is 5.12. The fraction of sp³-hybridized carbons (Fsp3) is 0.219. The molecule has 6 rings (SSSR count). The van der Waals surface area contributed by atoms with Crippen molar-refractivity contribution in [1.82, 2.24) is 19.4 Å². The first-order valence-electron chi connectivity index (χ1n) is 14.0. The number of carbonyl (C=O) groups is 3. The smallest absolute Gasteiger partial charge is 0.268 e. The standard InChI is InChI=1S/C32H30N6O3S/c39-27(22-7-2-1-3-8-22)21-34-24-11-12-26-25(19-24)35-32(38(26)18-6-17-37-16-5-10-30(37)40)36-31(41)29-14-13-28(42-29)23-9-4-15-33-20-23/h1-4,7-9,11-15,19-20,34H,5-6,10,16-18,21H2,(H,35,36,41). The van der Waals surface area contributed by atoms with Gasteiger partial charge in [-0.05, 0) is 49.2 Å². The predicted octanol–water partition coefficient (Wildman–Crippen LogP) is 5.72. The van der Waals surface area contributed by atoms with Crippen LogP contribution in [0.5, 0.6) is 0 Å². The minimum Gasteiger partial charge on any atom is -0.378 e. The van der Waals surface area contributed by atoms with Crippen molar-refractivity contribution in [3.63, 3.8) is 0 Å². The Morgan fingerprint density at radius 2 is 1.86 bits per heavy atom. The molecule has 5 aromatic rings. The zero-order chi connectivity index (χ0) is 28.9. The number of nitrogens with zero attached hydrogens (tertiary/aromatic N) is 4. The number of nitrogens with one attached hydrogen (secondary N) is 2. The average Bonchev–Trinajstić information content (AvgIpc) is 3.76. The van der Waals surface area contributed by atoms with Crippen LogP contribution in [0.25, 0.3) is 21.5 Å². The van der Waals surface area contributed by atoms with Gasteiger partial charge in [-0.2, -0.15) is 0 Å². The Kier molecular flexibility index (Phi) is 8.05. The van der Waals surface area contributed by atoms with Crippen molar-refractivity contribution in [2.75, 3.05) is 30.3 Å². The van der Waals surface area contributed by atoms with Crippen molar-refractivity contribution >= 4 is 51.6 Å². The summed E-state index contributed by atoms with van der Waals surface area (Å²) in [5.74, 6) is 0.388. The third kappa shape index (κ3) is 6.08. The number of rotatable bonds is 11. The molecule has 1 aliphatic heterocycles. The predicted molar refractivity (Wildman–Crippen MR) is 165 cm³/mol. The molecule has 42 heavy (non-hydrogen) atoms. The molecule has 1 fully saturated rings. The summed E-state index contributed by atoms with van der Waals surface area (Å²) < 4.78 is 1.99. The van der Waals surface area contributed by atoms with E-state index < -0.39 is 0 Å². The molecule has 2 aromatic carbocycles. The molecule has 10 heteroatoms. The second kappa shape index (κ2) is 12.4. The molecule has 1 saturated heterocycles. The number of hydrogen-bond acceptors (Lipinski definition) is 7. The Labute approximate surface area is 247 Å². The topological polar surface area (TPSA) is 109 Å². The lowest BCUT2D eigenvalue weighted by Crippen LogP contribution is -2.26. The highest BCUT2D eigenvalue weighted by Gasteiger charge is 2.21. The van der Waals surface area contributed by atoms with Gasteiger partial charge in [-0.15, -0.1) is 11.3 Å². The van der Waals surface area contributed by atoms with Crippen LogP contribution in [-0.2, 0) is 11.3 Å². The molecule has 0 atom stereocenters. The molecule has 1 aliphatic rings. The van der Waals surface area contributed by atoms with Gasteiger partial charge in [0.2, 0.25) is 11.9 Å². The van der Waals surface area contributed by atoms with Crippen molar-refractivity contribution in [1.29, 1.82) is 0 Å².